The average Bonchev–Trinajstić information content (AvgIpc) is 3.57. The van der Waals surface area contributed by atoms with Crippen LogP contribution in [-0.4, -0.2) is 0 Å². The summed E-state index contributed by atoms with van der Waals surface area (Å²) in [7, 11) is 0. The van der Waals surface area contributed by atoms with Crippen molar-refractivity contribution in [1.29, 1.82) is 0 Å². The molecule has 0 heterocycles. The summed E-state index contributed by atoms with van der Waals surface area (Å²) in [5.41, 5.74) is 20.7. The molecule has 0 fully saturated rings. The molecule has 10 aromatic rings. The number of hydrogen-bond acceptors (Lipinski definition) is 1. The Morgan fingerprint density at radius 2 is 0.726 bits per heavy atom. The Labute approximate surface area is 364 Å². The summed E-state index contributed by atoms with van der Waals surface area (Å²) in [5, 5.41) is 2.46. The van der Waals surface area contributed by atoms with E-state index in [1.807, 2.05) is 0 Å². The Hall–Kier alpha value is -7.74. The first-order chi connectivity index (χ1) is 30.5. The van der Waals surface area contributed by atoms with Crippen molar-refractivity contribution in [3.63, 3.8) is 0 Å². The molecule has 0 amide bonds. The average molecular weight is 792 g/mol. The van der Waals surface area contributed by atoms with Crippen molar-refractivity contribution in [3.05, 3.63) is 248 Å². The molecule has 0 aliphatic heterocycles. The van der Waals surface area contributed by atoms with Crippen LogP contribution in [0, 0.1) is 0 Å². The Kier molecular flexibility index (Phi) is 9.24. The molecule has 0 atom stereocenters. The van der Waals surface area contributed by atoms with Crippen LogP contribution in [0.4, 0.5) is 17.1 Å². The highest BCUT2D eigenvalue weighted by molar-refractivity contribution is 5.98. The minimum absolute atomic E-state index is 0.178. The van der Waals surface area contributed by atoms with E-state index in [-0.39, 0.29) is 5.41 Å². The summed E-state index contributed by atoms with van der Waals surface area (Å²) in [6.07, 6.45) is 0. The van der Waals surface area contributed by atoms with E-state index >= 15 is 0 Å². The van der Waals surface area contributed by atoms with E-state index < -0.39 is 0 Å². The second-order valence-corrected chi connectivity index (χ2v) is 16.9. The molecule has 0 saturated heterocycles. The highest BCUT2D eigenvalue weighted by Crippen LogP contribution is 2.54. The van der Waals surface area contributed by atoms with E-state index in [2.05, 4.69) is 255 Å². The predicted molar refractivity (Wildman–Crippen MR) is 263 cm³/mol. The van der Waals surface area contributed by atoms with Gasteiger partial charge in [0.15, 0.2) is 0 Å². The second-order valence-electron chi connectivity index (χ2n) is 16.9. The van der Waals surface area contributed by atoms with E-state index in [9.17, 15) is 0 Å². The number of hydrogen-bond donors (Lipinski definition) is 0. The smallest absolute Gasteiger partial charge is 0.0465 e. The summed E-state index contributed by atoms with van der Waals surface area (Å²) in [6, 6.07) is 86.6. The zero-order chi connectivity index (χ0) is 41.6. The molecule has 62 heavy (non-hydrogen) atoms. The maximum atomic E-state index is 2.43. The minimum Gasteiger partial charge on any atom is -0.310 e. The van der Waals surface area contributed by atoms with E-state index in [1.165, 1.54) is 88.7 Å². The first-order valence-corrected chi connectivity index (χ1v) is 21.6. The number of rotatable bonds is 8. The number of anilines is 3. The predicted octanol–water partition coefficient (Wildman–Crippen LogP) is 17.0. The van der Waals surface area contributed by atoms with Crippen molar-refractivity contribution in [1.82, 2.24) is 0 Å². The maximum Gasteiger partial charge on any atom is 0.0465 e. The third-order valence-corrected chi connectivity index (χ3v) is 12.9. The van der Waals surface area contributed by atoms with Crippen molar-refractivity contribution in [2.45, 2.75) is 19.3 Å². The molecule has 1 aliphatic rings. The molecule has 0 unspecified atom stereocenters. The Bertz CT molecular complexity index is 3220. The first-order valence-electron chi connectivity index (χ1n) is 21.6. The standard InChI is InChI=1S/C61H45N/c1-61(2)58-27-15-26-54(45-20-10-5-11-21-45)60(58)55-37-36-53(41-59(55)61)62(51-32-28-44(29-33-51)42-16-6-3-7-17-42)52-34-30-46(31-35-52)56-39-48-22-12-13-23-49(48)40-57(56)50-25-14-24-47(38-50)43-18-8-4-9-19-43/h3-41H,1-2H3. The molecule has 294 valence electrons. The fourth-order valence-electron chi connectivity index (χ4n) is 9.66. The molecule has 1 nitrogen and oxygen atoms in total. The van der Waals surface area contributed by atoms with Crippen molar-refractivity contribution >= 4 is 27.8 Å². The summed E-state index contributed by atoms with van der Waals surface area (Å²) in [4.78, 5) is 2.42. The van der Waals surface area contributed by atoms with E-state index in [4.69, 9.17) is 0 Å². The van der Waals surface area contributed by atoms with Gasteiger partial charge < -0.3 is 4.90 Å². The SMILES string of the molecule is CC1(C)c2cc(N(c3ccc(-c4ccccc4)cc3)c3ccc(-c4cc5ccccc5cc4-c4cccc(-c5ccccc5)c4)cc3)ccc2-c2c(-c3ccccc3)cccc21. The molecular formula is C61H45N. The van der Waals surface area contributed by atoms with Crippen LogP contribution in [0.25, 0.3) is 77.5 Å². The monoisotopic (exact) mass is 791 g/mol. The van der Waals surface area contributed by atoms with Crippen LogP contribution in [-0.2, 0) is 5.41 Å². The molecular weight excluding hydrogens is 747 g/mol. The van der Waals surface area contributed by atoms with Crippen molar-refractivity contribution < 1.29 is 0 Å². The Balaban J connectivity index is 1.04. The van der Waals surface area contributed by atoms with Gasteiger partial charge in [0.2, 0.25) is 0 Å². The van der Waals surface area contributed by atoms with Gasteiger partial charge in [0, 0.05) is 22.5 Å². The van der Waals surface area contributed by atoms with Gasteiger partial charge in [-0.05, 0) is 143 Å². The lowest BCUT2D eigenvalue weighted by atomic mass is 9.81. The third kappa shape index (κ3) is 6.60. The maximum absolute atomic E-state index is 2.43. The third-order valence-electron chi connectivity index (χ3n) is 12.9. The van der Waals surface area contributed by atoms with Gasteiger partial charge in [-0.15, -0.1) is 0 Å². The van der Waals surface area contributed by atoms with Gasteiger partial charge in [0.25, 0.3) is 0 Å². The number of nitrogens with zero attached hydrogens (tertiary/aromatic N) is 1. The van der Waals surface area contributed by atoms with Gasteiger partial charge in [0.05, 0.1) is 0 Å². The molecule has 0 radical (unpaired) electrons. The Morgan fingerprint density at radius 1 is 0.274 bits per heavy atom. The van der Waals surface area contributed by atoms with Crippen LogP contribution in [0.5, 0.6) is 0 Å². The minimum atomic E-state index is -0.178. The normalized spacial score (nSPS) is 12.5. The van der Waals surface area contributed by atoms with Crippen LogP contribution in [0.1, 0.15) is 25.0 Å². The van der Waals surface area contributed by atoms with Crippen LogP contribution in [0.3, 0.4) is 0 Å². The molecule has 1 heteroatoms. The second kappa shape index (κ2) is 15.4. The zero-order valence-electron chi connectivity index (χ0n) is 35.0. The van der Waals surface area contributed by atoms with Gasteiger partial charge in [-0.1, -0.05) is 196 Å². The van der Waals surface area contributed by atoms with Gasteiger partial charge in [-0.25, -0.2) is 0 Å². The Morgan fingerprint density at radius 3 is 1.35 bits per heavy atom. The fraction of sp³-hybridized carbons (Fsp3) is 0.0492. The molecule has 1 aliphatic carbocycles. The lowest BCUT2D eigenvalue weighted by Crippen LogP contribution is -2.16. The quantitative estimate of drug-likeness (QED) is 0.148. The summed E-state index contributed by atoms with van der Waals surface area (Å²) >= 11 is 0. The molecule has 0 spiro atoms. The van der Waals surface area contributed by atoms with Crippen LogP contribution < -0.4 is 4.90 Å². The van der Waals surface area contributed by atoms with E-state index in [0.29, 0.717) is 0 Å². The van der Waals surface area contributed by atoms with Crippen LogP contribution in [0.2, 0.25) is 0 Å². The largest absolute Gasteiger partial charge is 0.310 e. The topological polar surface area (TPSA) is 3.24 Å². The molecule has 0 saturated carbocycles. The van der Waals surface area contributed by atoms with Crippen LogP contribution >= 0.6 is 0 Å². The van der Waals surface area contributed by atoms with Gasteiger partial charge in [-0.3, -0.25) is 0 Å². The van der Waals surface area contributed by atoms with Crippen molar-refractivity contribution in [3.8, 4) is 66.8 Å². The van der Waals surface area contributed by atoms with Gasteiger partial charge in [-0.2, -0.15) is 0 Å². The zero-order valence-corrected chi connectivity index (χ0v) is 35.0. The van der Waals surface area contributed by atoms with E-state index in [1.54, 1.807) is 0 Å². The summed E-state index contributed by atoms with van der Waals surface area (Å²) < 4.78 is 0. The van der Waals surface area contributed by atoms with Gasteiger partial charge >= 0.3 is 0 Å². The first kappa shape index (κ1) is 37.3. The van der Waals surface area contributed by atoms with Gasteiger partial charge in [0.1, 0.15) is 0 Å². The number of fused-ring (bicyclic) bond motifs is 4. The highest BCUT2D eigenvalue weighted by atomic mass is 15.1. The molecule has 0 N–H and O–H groups in total. The van der Waals surface area contributed by atoms with E-state index in [0.717, 1.165) is 17.1 Å². The summed E-state index contributed by atoms with van der Waals surface area (Å²) in [6.45, 7) is 4.75. The highest BCUT2D eigenvalue weighted by Gasteiger charge is 2.37. The lowest BCUT2D eigenvalue weighted by molar-refractivity contribution is 0.660. The molecule has 0 aromatic heterocycles. The summed E-state index contributed by atoms with van der Waals surface area (Å²) in [5.74, 6) is 0. The number of benzene rings is 10. The molecule has 10 aromatic carbocycles. The fourth-order valence-corrected chi connectivity index (χ4v) is 9.66. The van der Waals surface area contributed by atoms with Crippen LogP contribution in [0.15, 0.2) is 237 Å². The molecule has 0 bridgehead atoms. The van der Waals surface area contributed by atoms with Crippen molar-refractivity contribution in [2.75, 3.05) is 4.90 Å². The van der Waals surface area contributed by atoms with Crippen molar-refractivity contribution in [2.24, 2.45) is 0 Å². The molecule has 11 rings (SSSR count). The lowest BCUT2D eigenvalue weighted by Gasteiger charge is -2.28.